The fourth-order valence-corrected chi connectivity index (χ4v) is 2.20. The molecule has 0 amide bonds. The minimum atomic E-state index is -4.40. The minimum Gasteiger partial charge on any atom is -0.378 e. The molecule has 1 aromatic rings. The van der Waals surface area contributed by atoms with Gasteiger partial charge in [0.25, 0.3) is 0 Å². The summed E-state index contributed by atoms with van der Waals surface area (Å²) < 4.78 is 43.7. The van der Waals surface area contributed by atoms with Gasteiger partial charge in [-0.25, -0.2) is 0 Å². The minimum absolute atomic E-state index is 0.0707. The first kappa shape index (κ1) is 12.7. The third kappa shape index (κ3) is 2.73. The summed E-state index contributed by atoms with van der Waals surface area (Å²) in [6, 6.07) is 3.30. The van der Waals surface area contributed by atoms with Gasteiger partial charge in [0.2, 0.25) is 0 Å². The maximum atomic E-state index is 12.9. The molecule has 0 radical (unpaired) electrons. The Morgan fingerprint density at radius 2 is 2.12 bits per heavy atom. The van der Waals surface area contributed by atoms with E-state index in [4.69, 9.17) is 16.3 Å². The van der Waals surface area contributed by atoms with Crippen molar-refractivity contribution < 1.29 is 17.9 Å². The lowest BCUT2D eigenvalue weighted by Gasteiger charge is -2.27. The summed E-state index contributed by atoms with van der Waals surface area (Å²) >= 11 is 5.87. The summed E-state index contributed by atoms with van der Waals surface area (Å²) in [5.41, 5.74) is -0.630. The van der Waals surface area contributed by atoms with Gasteiger partial charge in [-0.05, 0) is 12.1 Å². The monoisotopic (exact) mass is 265 g/mol. The molecule has 0 unspecified atom stereocenters. The summed E-state index contributed by atoms with van der Waals surface area (Å²) in [5, 5.41) is 3.09. The molecule has 1 fully saturated rings. The second-order valence-corrected chi connectivity index (χ2v) is 4.19. The van der Waals surface area contributed by atoms with E-state index < -0.39 is 17.8 Å². The number of halogens is 4. The first-order valence-electron chi connectivity index (χ1n) is 5.17. The Morgan fingerprint density at radius 1 is 1.35 bits per heavy atom. The molecule has 1 saturated heterocycles. The van der Waals surface area contributed by atoms with Gasteiger partial charge in [0.1, 0.15) is 0 Å². The Morgan fingerprint density at radius 3 is 2.71 bits per heavy atom. The first-order valence-corrected chi connectivity index (χ1v) is 5.54. The van der Waals surface area contributed by atoms with Crippen LogP contribution in [0.15, 0.2) is 18.2 Å². The van der Waals surface area contributed by atoms with Crippen molar-refractivity contribution in [1.82, 2.24) is 5.32 Å². The molecule has 2 rings (SSSR count). The lowest BCUT2D eigenvalue weighted by atomic mass is 9.99. The van der Waals surface area contributed by atoms with Crippen LogP contribution in [-0.4, -0.2) is 19.8 Å². The van der Waals surface area contributed by atoms with Gasteiger partial charge in [0.15, 0.2) is 0 Å². The molecule has 0 bridgehead atoms. The van der Waals surface area contributed by atoms with Crippen molar-refractivity contribution in [1.29, 1.82) is 0 Å². The van der Waals surface area contributed by atoms with E-state index in [-0.39, 0.29) is 17.2 Å². The highest BCUT2D eigenvalue weighted by molar-refractivity contribution is 6.31. The number of nitrogens with one attached hydrogen (secondary N) is 1. The normalized spacial score (nSPS) is 21.5. The fraction of sp³-hybridized carbons (Fsp3) is 0.455. The molecule has 94 valence electrons. The van der Waals surface area contributed by atoms with E-state index >= 15 is 0 Å². The lowest BCUT2D eigenvalue weighted by molar-refractivity contribution is -0.138. The molecule has 0 aromatic heterocycles. The molecule has 1 aliphatic heterocycles. The molecular weight excluding hydrogens is 255 g/mol. The molecule has 1 aliphatic rings. The molecule has 0 saturated carbocycles. The maximum Gasteiger partial charge on any atom is 0.416 e. The second kappa shape index (κ2) is 4.84. The summed E-state index contributed by atoms with van der Waals surface area (Å²) in [4.78, 5) is 0. The Kier molecular flexibility index (Phi) is 3.61. The summed E-state index contributed by atoms with van der Waals surface area (Å²) in [6.07, 6.45) is -4.40. The van der Waals surface area contributed by atoms with Gasteiger partial charge >= 0.3 is 6.18 Å². The van der Waals surface area contributed by atoms with Crippen LogP contribution in [0.4, 0.5) is 13.2 Å². The predicted octanol–water partition coefficient (Wildman–Crippen LogP) is 3.02. The molecule has 2 nitrogen and oxygen atoms in total. The van der Waals surface area contributed by atoms with Gasteiger partial charge in [-0.15, -0.1) is 0 Å². The topological polar surface area (TPSA) is 21.3 Å². The molecule has 0 spiro atoms. The van der Waals surface area contributed by atoms with E-state index in [0.717, 1.165) is 6.07 Å². The van der Waals surface area contributed by atoms with Crippen LogP contribution in [0.3, 0.4) is 0 Å². The van der Waals surface area contributed by atoms with E-state index in [9.17, 15) is 13.2 Å². The summed E-state index contributed by atoms with van der Waals surface area (Å²) in [5.74, 6) is 0. The average Bonchev–Trinajstić information content (AvgIpc) is 2.28. The van der Waals surface area contributed by atoms with Crippen LogP contribution < -0.4 is 5.32 Å². The number of hydrogen-bond acceptors (Lipinski definition) is 2. The predicted molar refractivity (Wildman–Crippen MR) is 58.0 cm³/mol. The third-order valence-corrected chi connectivity index (χ3v) is 2.96. The SMILES string of the molecule is FC(F)(F)c1cccc(Cl)c1[C@H]1COCCN1. The van der Waals surface area contributed by atoms with Crippen molar-refractivity contribution in [2.24, 2.45) is 0 Å². The zero-order chi connectivity index (χ0) is 12.5. The number of morpholine rings is 1. The van der Waals surface area contributed by atoms with E-state index in [0.29, 0.717) is 13.2 Å². The van der Waals surface area contributed by atoms with E-state index in [1.54, 1.807) is 0 Å². The van der Waals surface area contributed by atoms with E-state index in [1.165, 1.54) is 12.1 Å². The quantitative estimate of drug-likeness (QED) is 0.843. The average molecular weight is 266 g/mol. The van der Waals surface area contributed by atoms with Crippen LogP contribution in [0.5, 0.6) is 0 Å². The van der Waals surface area contributed by atoms with Crippen molar-refractivity contribution in [3.63, 3.8) is 0 Å². The number of ether oxygens (including phenoxy) is 1. The zero-order valence-electron chi connectivity index (χ0n) is 8.85. The molecule has 17 heavy (non-hydrogen) atoms. The summed E-state index contributed by atoms with van der Waals surface area (Å²) in [7, 11) is 0. The van der Waals surface area contributed by atoms with E-state index in [1.807, 2.05) is 0 Å². The fourth-order valence-electron chi connectivity index (χ4n) is 1.89. The molecule has 6 heteroatoms. The van der Waals surface area contributed by atoms with Crippen LogP contribution in [0.25, 0.3) is 0 Å². The van der Waals surface area contributed by atoms with Crippen molar-refractivity contribution in [2.75, 3.05) is 19.8 Å². The highest BCUT2D eigenvalue weighted by Crippen LogP contribution is 2.38. The van der Waals surface area contributed by atoms with Gasteiger partial charge in [-0.3, -0.25) is 0 Å². The highest BCUT2D eigenvalue weighted by atomic mass is 35.5. The van der Waals surface area contributed by atoms with Crippen LogP contribution in [0.1, 0.15) is 17.2 Å². The van der Waals surface area contributed by atoms with Crippen molar-refractivity contribution in [3.05, 3.63) is 34.3 Å². The number of rotatable bonds is 1. The van der Waals surface area contributed by atoms with Gasteiger partial charge in [-0.2, -0.15) is 13.2 Å². The van der Waals surface area contributed by atoms with Crippen LogP contribution in [-0.2, 0) is 10.9 Å². The second-order valence-electron chi connectivity index (χ2n) is 3.78. The number of alkyl halides is 3. The number of benzene rings is 1. The van der Waals surface area contributed by atoms with Crippen LogP contribution in [0, 0.1) is 0 Å². The van der Waals surface area contributed by atoms with Crippen molar-refractivity contribution in [3.8, 4) is 0 Å². The molecule has 1 heterocycles. The van der Waals surface area contributed by atoms with Gasteiger partial charge < -0.3 is 10.1 Å². The molecule has 1 atom stereocenters. The first-order chi connectivity index (χ1) is 8.00. The molecular formula is C11H11ClF3NO. The van der Waals surface area contributed by atoms with Crippen LogP contribution >= 0.6 is 11.6 Å². The van der Waals surface area contributed by atoms with Crippen molar-refractivity contribution >= 4 is 11.6 Å². The van der Waals surface area contributed by atoms with Crippen LogP contribution in [0.2, 0.25) is 5.02 Å². The zero-order valence-corrected chi connectivity index (χ0v) is 9.61. The van der Waals surface area contributed by atoms with Gasteiger partial charge in [-0.1, -0.05) is 17.7 Å². The summed E-state index contributed by atoms with van der Waals surface area (Å²) in [6.45, 7) is 1.22. The smallest absolute Gasteiger partial charge is 0.378 e. The highest BCUT2D eigenvalue weighted by Gasteiger charge is 2.36. The Labute approximate surface area is 102 Å². The van der Waals surface area contributed by atoms with Gasteiger partial charge in [0.05, 0.1) is 24.8 Å². The largest absolute Gasteiger partial charge is 0.416 e. The lowest BCUT2D eigenvalue weighted by Crippen LogP contribution is -2.36. The van der Waals surface area contributed by atoms with Crippen molar-refractivity contribution in [2.45, 2.75) is 12.2 Å². The molecule has 1 aromatic carbocycles. The Hall–Kier alpha value is -0.780. The maximum absolute atomic E-state index is 12.9. The van der Waals surface area contributed by atoms with Gasteiger partial charge in [0, 0.05) is 17.1 Å². The third-order valence-electron chi connectivity index (χ3n) is 2.63. The number of hydrogen-bond donors (Lipinski definition) is 1. The molecule has 0 aliphatic carbocycles. The van der Waals surface area contributed by atoms with E-state index in [2.05, 4.69) is 5.32 Å². The Balaban J connectivity index is 2.43. The Bertz CT molecular complexity index is 402. The molecule has 1 N–H and O–H groups in total. The standard InChI is InChI=1S/C11H11ClF3NO/c12-8-3-1-2-7(11(13,14)15)10(8)9-6-17-5-4-16-9/h1-3,9,16H,4-6H2/t9-/m1/s1.